The Balaban J connectivity index is 1.47. The fourth-order valence-electron chi connectivity index (χ4n) is 12.2. The average molecular weight is 973 g/mol. The van der Waals surface area contributed by atoms with E-state index in [-0.39, 0.29) is 22.2 Å². The fourth-order valence-corrected chi connectivity index (χ4v) is 12.2. The third-order valence-corrected chi connectivity index (χ3v) is 14.7. The van der Waals surface area contributed by atoms with Crippen molar-refractivity contribution in [1.82, 2.24) is 29.9 Å². The molecule has 0 aliphatic carbocycles. The second-order valence-corrected chi connectivity index (χ2v) is 20.6. The number of rotatable bonds is 6. The number of fused-ring (bicyclic) bond motifs is 12. The summed E-state index contributed by atoms with van der Waals surface area (Å²) in [5, 5.41) is 20.7. The van der Waals surface area contributed by atoms with Gasteiger partial charge in [0.25, 0.3) is 0 Å². The maximum atomic E-state index is 12.7. The molecule has 0 saturated heterocycles. The van der Waals surface area contributed by atoms with E-state index in [0.717, 1.165) is 123 Å². The number of hydrogen-bond acceptors (Lipinski definition) is 6. The first kappa shape index (κ1) is 47.6. The lowest BCUT2D eigenvalue weighted by molar-refractivity contribution is 0.0652. The lowest BCUT2D eigenvalue weighted by atomic mass is 9.92. The number of benzene rings is 5. The Morgan fingerprint density at radius 1 is 0.351 bits per heavy atom. The lowest BCUT2D eigenvalue weighted by Crippen LogP contribution is -2.08. The Morgan fingerprint density at radius 3 is 0.905 bits per heavy atom. The Bertz CT molecular complexity index is 3920. The minimum atomic E-state index is -1.38. The maximum absolute atomic E-state index is 12.7. The molecule has 10 nitrogen and oxygen atoms in total. The van der Waals surface area contributed by atoms with Crippen LogP contribution < -0.4 is 0 Å². The Hall–Kier alpha value is -8.76. The zero-order chi connectivity index (χ0) is 52.3. The van der Waals surface area contributed by atoms with E-state index in [1.807, 2.05) is 0 Å². The SMILES string of the molecule is Cc1cc(C)c(-c2c3nc(c(-c4c(C)cc(C)cc4C)c4[nH]c(c(-c5c(C)cc(C)cc5C)c5nc(c(-c6c(C)cc(C)cc6C)c6ccc2[nH]6)C=C5)c2nc5cc(C(=O)O)c(C(=O)O)cc5nc42)C=C3)c(C)c1. The minimum absolute atomic E-state index is 0.231. The van der Waals surface area contributed by atoms with Crippen LogP contribution in [-0.4, -0.2) is 52.1 Å². The number of aromatic nitrogens is 6. The highest BCUT2D eigenvalue weighted by Gasteiger charge is 2.27. The van der Waals surface area contributed by atoms with Crippen LogP contribution >= 0.6 is 0 Å². The van der Waals surface area contributed by atoms with Crippen molar-refractivity contribution in [1.29, 1.82) is 0 Å². The van der Waals surface area contributed by atoms with E-state index < -0.39 is 11.9 Å². The second kappa shape index (κ2) is 17.5. The van der Waals surface area contributed by atoms with E-state index in [9.17, 15) is 19.8 Å². The molecule has 4 aromatic heterocycles. The number of carboxylic acids is 2. The van der Waals surface area contributed by atoms with Crippen molar-refractivity contribution in [2.75, 3.05) is 0 Å². The first-order valence-electron chi connectivity index (χ1n) is 24.9. The van der Waals surface area contributed by atoms with Crippen LogP contribution in [0, 0.1) is 83.1 Å². The summed E-state index contributed by atoms with van der Waals surface area (Å²) < 4.78 is 0. The molecular formula is C64H56N6O4. The van der Waals surface area contributed by atoms with Crippen LogP contribution in [0.4, 0.5) is 0 Å². The number of carbonyl (C=O) groups is 2. The van der Waals surface area contributed by atoms with Crippen LogP contribution in [0.2, 0.25) is 0 Å². The number of aromatic carboxylic acids is 2. The van der Waals surface area contributed by atoms with E-state index in [1.54, 1.807) is 0 Å². The molecule has 0 spiro atoms. The van der Waals surface area contributed by atoms with Crippen LogP contribution in [0.1, 0.15) is 110 Å². The van der Waals surface area contributed by atoms with Crippen molar-refractivity contribution >= 4 is 80.4 Å². The molecule has 9 aromatic rings. The summed E-state index contributed by atoms with van der Waals surface area (Å²) in [6.07, 6.45) is 8.35. The first-order chi connectivity index (χ1) is 35.3. The van der Waals surface area contributed by atoms with Gasteiger partial charge in [-0.1, -0.05) is 70.8 Å². The molecular weight excluding hydrogens is 917 g/mol. The zero-order valence-electron chi connectivity index (χ0n) is 43.7. The maximum Gasteiger partial charge on any atom is 0.336 e. The van der Waals surface area contributed by atoms with Crippen molar-refractivity contribution in [3.05, 3.63) is 173 Å². The topological polar surface area (TPSA) is 158 Å². The lowest BCUT2D eigenvalue weighted by Gasteiger charge is -2.15. The van der Waals surface area contributed by atoms with E-state index in [4.69, 9.17) is 19.9 Å². The largest absolute Gasteiger partial charge is 0.478 e. The Morgan fingerprint density at radius 2 is 0.622 bits per heavy atom. The van der Waals surface area contributed by atoms with Gasteiger partial charge in [0, 0.05) is 33.3 Å². The number of nitrogens with zero attached hydrogens (tertiary/aromatic N) is 4. The summed E-state index contributed by atoms with van der Waals surface area (Å²) in [5.41, 5.74) is 27.3. The van der Waals surface area contributed by atoms with Crippen LogP contribution in [-0.2, 0) is 0 Å². The molecule has 6 heterocycles. The van der Waals surface area contributed by atoms with E-state index in [1.165, 1.54) is 23.3 Å². The highest BCUT2D eigenvalue weighted by atomic mass is 16.4. The van der Waals surface area contributed by atoms with E-state index in [0.29, 0.717) is 33.5 Å². The molecule has 0 fully saturated rings. The molecule has 0 atom stereocenters. The summed E-state index contributed by atoms with van der Waals surface area (Å²) in [7, 11) is 0. The van der Waals surface area contributed by atoms with Crippen molar-refractivity contribution < 1.29 is 19.8 Å². The molecule has 366 valence electrons. The molecule has 4 N–H and O–H groups in total. The number of nitrogens with one attached hydrogen (secondary N) is 2. The summed E-state index contributed by atoms with van der Waals surface area (Å²) in [6.45, 7) is 25.5. The zero-order valence-corrected chi connectivity index (χ0v) is 43.7. The van der Waals surface area contributed by atoms with Gasteiger partial charge >= 0.3 is 11.9 Å². The van der Waals surface area contributed by atoms with Crippen molar-refractivity contribution in [3.8, 4) is 44.5 Å². The van der Waals surface area contributed by atoms with Gasteiger partial charge in [-0.25, -0.2) is 29.5 Å². The van der Waals surface area contributed by atoms with Gasteiger partial charge in [0.1, 0.15) is 11.0 Å². The van der Waals surface area contributed by atoms with E-state index >= 15 is 0 Å². The molecule has 0 unspecified atom stereocenters. The normalized spacial score (nSPS) is 12.2. The predicted octanol–water partition coefficient (Wildman–Crippen LogP) is 15.5. The molecule has 8 bridgehead atoms. The smallest absolute Gasteiger partial charge is 0.336 e. The van der Waals surface area contributed by atoms with Crippen molar-refractivity contribution in [3.63, 3.8) is 0 Å². The quantitative estimate of drug-likeness (QED) is 0.128. The Kier molecular flexibility index (Phi) is 11.2. The fraction of sp³-hybridized carbons (Fsp3) is 0.188. The van der Waals surface area contributed by atoms with Crippen LogP contribution in [0.5, 0.6) is 0 Å². The molecule has 0 radical (unpaired) electrons. The number of aryl methyl sites for hydroxylation is 12. The second-order valence-electron chi connectivity index (χ2n) is 20.6. The standard InChI is InChI=1S/C64H56N6O4/c1-29-19-33(5)51(34(6)20-29)55-43-13-14-44(65-43)56(52-35(7)21-30(2)22-36(52)8)46-16-18-48(67-46)58(54-39(11)25-32(4)26-40(54)12)60-62-61(68-49-27-41(63(71)72)42(64(73)74)28-50(49)69-62)59(70-60)57(47-17-15-45(55)66-47)53-37(9)23-31(3)24-38(53)10/h13-28,65,70H,1-12H3,(H,71,72)(H,73,74). The van der Waals surface area contributed by atoms with Crippen LogP contribution in [0.15, 0.2) is 72.8 Å². The van der Waals surface area contributed by atoms with Gasteiger partial charge in [-0.3, -0.25) is 0 Å². The third-order valence-electron chi connectivity index (χ3n) is 14.7. The number of hydrogen-bond donors (Lipinski definition) is 4. The first-order valence-corrected chi connectivity index (χ1v) is 24.9. The number of H-pyrrole nitrogens is 2. The van der Waals surface area contributed by atoms with Gasteiger partial charge < -0.3 is 20.2 Å². The third kappa shape index (κ3) is 7.71. The monoisotopic (exact) mass is 972 g/mol. The minimum Gasteiger partial charge on any atom is -0.478 e. The van der Waals surface area contributed by atoms with Crippen molar-refractivity contribution in [2.45, 2.75) is 83.1 Å². The molecule has 10 heteroatoms. The summed E-state index contributed by atoms with van der Waals surface area (Å²) in [6, 6.07) is 24.5. The van der Waals surface area contributed by atoms with Crippen LogP contribution in [0.25, 0.3) is 113 Å². The molecule has 0 amide bonds. The summed E-state index contributed by atoms with van der Waals surface area (Å²) >= 11 is 0. The number of carboxylic acid groups (broad SMARTS) is 2. The molecule has 5 aromatic carbocycles. The van der Waals surface area contributed by atoms with Gasteiger partial charge in [-0.2, -0.15) is 0 Å². The van der Waals surface area contributed by atoms with Gasteiger partial charge in [-0.05, 0) is 198 Å². The predicted molar refractivity (Wildman–Crippen MR) is 302 cm³/mol. The van der Waals surface area contributed by atoms with Gasteiger partial charge in [0.05, 0.1) is 56.0 Å². The van der Waals surface area contributed by atoms with E-state index in [2.05, 4.69) is 178 Å². The molecule has 11 rings (SSSR count). The van der Waals surface area contributed by atoms with Gasteiger partial charge in [0.2, 0.25) is 0 Å². The summed E-state index contributed by atoms with van der Waals surface area (Å²) in [5.74, 6) is -2.76. The van der Waals surface area contributed by atoms with Gasteiger partial charge in [-0.15, -0.1) is 0 Å². The summed E-state index contributed by atoms with van der Waals surface area (Å²) in [4.78, 5) is 55.3. The van der Waals surface area contributed by atoms with Gasteiger partial charge in [0.15, 0.2) is 0 Å². The molecule has 74 heavy (non-hydrogen) atoms. The number of aromatic amines is 2. The molecule has 2 aliphatic rings. The van der Waals surface area contributed by atoms with Crippen molar-refractivity contribution in [2.24, 2.45) is 0 Å². The Labute approximate surface area is 429 Å². The highest BCUT2D eigenvalue weighted by molar-refractivity contribution is 6.16. The molecule has 0 saturated carbocycles. The molecule has 2 aliphatic heterocycles. The highest BCUT2D eigenvalue weighted by Crippen LogP contribution is 2.45. The average Bonchev–Trinajstić information content (AvgIpc) is 4.15. The van der Waals surface area contributed by atoms with Crippen LogP contribution in [0.3, 0.4) is 0 Å².